The molecule has 5 rings (SSSR count). The third-order valence-corrected chi connectivity index (χ3v) is 6.43. The highest BCUT2D eigenvalue weighted by molar-refractivity contribution is 5.95. The van der Waals surface area contributed by atoms with Gasteiger partial charge in [-0.25, -0.2) is 9.97 Å². The molecule has 0 spiro atoms. The minimum Gasteiger partial charge on any atom is -0.373 e. The Morgan fingerprint density at radius 3 is 1.93 bits per heavy atom. The van der Waals surface area contributed by atoms with E-state index in [4.69, 9.17) is 0 Å². The summed E-state index contributed by atoms with van der Waals surface area (Å²) >= 11 is 0. The van der Waals surface area contributed by atoms with Gasteiger partial charge in [0.25, 0.3) is 11.1 Å². The van der Waals surface area contributed by atoms with Gasteiger partial charge < -0.3 is 20.6 Å². The van der Waals surface area contributed by atoms with E-state index in [1.165, 1.54) is 0 Å². The van der Waals surface area contributed by atoms with Gasteiger partial charge in [-0.2, -0.15) is 0 Å². The number of pyridine rings is 4. The summed E-state index contributed by atoms with van der Waals surface area (Å²) in [5, 5.41) is 7.18. The Hall–Kier alpha value is -4.01. The Kier molecular flexibility index (Phi) is 12.2. The van der Waals surface area contributed by atoms with Crippen molar-refractivity contribution >= 4 is 39.3 Å². The lowest BCUT2D eigenvalue weighted by Gasteiger charge is -2.12. The Morgan fingerprint density at radius 1 is 0.854 bits per heavy atom. The number of hydrogen-bond acceptors (Lipinski definition) is 6. The Bertz CT molecular complexity index is 1580. The number of hydrogen-bond donors (Lipinski definition) is 4. The van der Waals surface area contributed by atoms with E-state index >= 15 is 0 Å². The fraction of sp³-hybridized carbons (Fsp3) is 0.469. The predicted molar refractivity (Wildman–Crippen MR) is 171 cm³/mol. The molecule has 1 aliphatic rings. The molecule has 4 N–H and O–H groups in total. The van der Waals surface area contributed by atoms with Crippen molar-refractivity contribution < 1.29 is 4.79 Å². The van der Waals surface area contributed by atoms with Crippen LogP contribution in [0.1, 0.15) is 96.9 Å². The number of H-pyrrole nitrogens is 2. The van der Waals surface area contributed by atoms with Crippen LogP contribution in [0.3, 0.4) is 0 Å². The molecule has 0 saturated heterocycles. The van der Waals surface area contributed by atoms with Gasteiger partial charge >= 0.3 is 0 Å². The summed E-state index contributed by atoms with van der Waals surface area (Å²) in [5.41, 5.74) is 3.87. The number of rotatable bonds is 5. The van der Waals surface area contributed by atoms with E-state index in [1.807, 2.05) is 79.8 Å². The largest absolute Gasteiger partial charge is 0.373 e. The SMILES string of the molecule is CC.CC.CNc1cc(C(C)C)c2c(=O)[nH]ccc2n1.Cc1cc2nc(NC(=O)C3CC3)cc(C(C)C)c2c(=O)[nH]1. The second-order valence-electron chi connectivity index (χ2n) is 10.1. The third kappa shape index (κ3) is 8.25. The van der Waals surface area contributed by atoms with Crippen LogP contribution in [-0.2, 0) is 4.79 Å². The standard InChI is InChI=1S/C16H19N3O2.C12H15N3O.2C2H6/c1-8(2)11-7-13(19-15(20)10-4-5-10)18-12-6-9(3)17-16(21)14(11)12;1-7(2)8-6-10(13-3)15-9-4-5-14-12(16)11(8)9;2*1-2/h6-8,10H,4-5H2,1-3H3,(H,17,21)(H,18,19,20);4-7H,1-3H3,(H,13,15)(H,14,16);2*1-2H3. The smallest absolute Gasteiger partial charge is 0.257 e. The lowest BCUT2D eigenvalue weighted by molar-refractivity contribution is -0.117. The fourth-order valence-electron chi connectivity index (χ4n) is 4.32. The molecule has 1 aliphatic carbocycles. The number of aromatic nitrogens is 4. The quantitative estimate of drug-likeness (QED) is 0.210. The van der Waals surface area contributed by atoms with Gasteiger partial charge in [0.1, 0.15) is 11.6 Å². The van der Waals surface area contributed by atoms with Crippen LogP contribution in [0.25, 0.3) is 21.8 Å². The molecule has 41 heavy (non-hydrogen) atoms. The van der Waals surface area contributed by atoms with E-state index in [0.29, 0.717) is 28.0 Å². The molecule has 0 atom stereocenters. The van der Waals surface area contributed by atoms with Crippen LogP contribution in [-0.4, -0.2) is 32.9 Å². The second-order valence-corrected chi connectivity index (χ2v) is 10.1. The minimum absolute atomic E-state index is 0.0260. The lowest BCUT2D eigenvalue weighted by atomic mass is 9.99. The molecule has 1 fully saturated rings. The highest BCUT2D eigenvalue weighted by atomic mass is 16.2. The average Bonchev–Trinajstić information content (AvgIpc) is 3.80. The highest BCUT2D eigenvalue weighted by Gasteiger charge is 2.30. The molecule has 0 aliphatic heterocycles. The zero-order chi connectivity index (χ0) is 30.9. The van der Waals surface area contributed by atoms with Crippen molar-refractivity contribution in [2.24, 2.45) is 5.92 Å². The van der Waals surface area contributed by atoms with Gasteiger partial charge in [-0.05, 0) is 67.0 Å². The van der Waals surface area contributed by atoms with Crippen molar-refractivity contribution in [3.05, 3.63) is 68.0 Å². The van der Waals surface area contributed by atoms with Crippen LogP contribution in [0.4, 0.5) is 11.6 Å². The molecule has 0 bridgehead atoms. The van der Waals surface area contributed by atoms with E-state index in [9.17, 15) is 14.4 Å². The number of nitrogens with zero attached hydrogens (tertiary/aromatic N) is 2. The molecule has 9 nitrogen and oxygen atoms in total. The van der Waals surface area contributed by atoms with E-state index in [0.717, 1.165) is 41.0 Å². The predicted octanol–water partition coefficient (Wildman–Crippen LogP) is 6.84. The number of aromatic amines is 2. The molecule has 0 unspecified atom stereocenters. The molecule has 4 aromatic rings. The van der Waals surface area contributed by atoms with Crippen molar-refractivity contribution in [3.8, 4) is 0 Å². The van der Waals surface area contributed by atoms with Gasteiger partial charge in [-0.15, -0.1) is 0 Å². The first kappa shape index (κ1) is 33.2. The average molecular weight is 563 g/mol. The van der Waals surface area contributed by atoms with E-state index < -0.39 is 0 Å². The first-order valence-corrected chi connectivity index (χ1v) is 14.6. The lowest BCUT2D eigenvalue weighted by Crippen LogP contribution is -2.17. The third-order valence-electron chi connectivity index (χ3n) is 6.43. The topological polar surface area (TPSA) is 133 Å². The molecule has 1 saturated carbocycles. The fourth-order valence-corrected chi connectivity index (χ4v) is 4.32. The van der Waals surface area contributed by atoms with Crippen LogP contribution in [0.5, 0.6) is 0 Å². The minimum atomic E-state index is -0.124. The molecular weight excluding hydrogens is 516 g/mol. The Labute approximate surface area is 242 Å². The summed E-state index contributed by atoms with van der Waals surface area (Å²) in [6.45, 7) is 18.0. The summed E-state index contributed by atoms with van der Waals surface area (Å²) in [7, 11) is 1.82. The first-order valence-electron chi connectivity index (χ1n) is 14.6. The number of amides is 1. The number of nitrogens with one attached hydrogen (secondary N) is 4. The zero-order valence-electron chi connectivity index (χ0n) is 26.2. The van der Waals surface area contributed by atoms with Crippen molar-refractivity contribution in [1.82, 2.24) is 19.9 Å². The molecule has 0 aromatic carbocycles. The number of carbonyl (C=O) groups excluding carboxylic acids is 1. The molecule has 222 valence electrons. The number of aryl methyl sites for hydroxylation is 1. The van der Waals surface area contributed by atoms with Crippen molar-refractivity contribution in [3.63, 3.8) is 0 Å². The van der Waals surface area contributed by atoms with Crippen LogP contribution in [0.2, 0.25) is 0 Å². The van der Waals surface area contributed by atoms with E-state index in [2.05, 4.69) is 44.4 Å². The van der Waals surface area contributed by atoms with Gasteiger partial charge in [0.05, 0.1) is 21.8 Å². The normalized spacial score (nSPS) is 12.1. The van der Waals surface area contributed by atoms with Crippen LogP contribution in [0, 0.1) is 12.8 Å². The molecule has 4 aromatic heterocycles. The molecule has 0 radical (unpaired) electrons. The van der Waals surface area contributed by atoms with Crippen molar-refractivity contribution in [1.29, 1.82) is 0 Å². The molecular formula is C32H46N6O3. The highest BCUT2D eigenvalue weighted by Crippen LogP contribution is 2.31. The number of fused-ring (bicyclic) bond motifs is 2. The monoisotopic (exact) mass is 562 g/mol. The summed E-state index contributed by atoms with van der Waals surface area (Å²) in [6.07, 6.45) is 3.53. The van der Waals surface area contributed by atoms with Gasteiger partial charge in [0.2, 0.25) is 5.91 Å². The van der Waals surface area contributed by atoms with E-state index in [-0.39, 0.29) is 28.9 Å². The van der Waals surface area contributed by atoms with Gasteiger partial charge in [0, 0.05) is 24.9 Å². The maximum atomic E-state index is 12.2. The van der Waals surface area contributed by atoms with Crippen LogP contribution >= 0.6 is 0 Å². The van der Waals surface area contributed by atoms with Gasteiger partial charge in [0.15, 0.2) is 0 Å². The summed E-state index contributed by atoms with van der Waals surface area (Å²) in [4.78, 5) is 50.2. The number of anilines is 2. The molecule has 4 heterocycles. The Morgan fingerprint density at radius 2 is 1.39 bits per heavy atom. The van der Waals surface area contributed by atoms with Crippen molar-refractivity contribution in [2.75, 3.05) is 17.7 Å². The summed E-state index contributed by atoms with van der Waals surface area (Å²) in [6, 6.07) is 7.42. The van der Waals surface area contributed by atoms with Crippen molar-refractivity contribution in [2.45, 2.75) is 87.0 Å². The zero-order valence-corrected chi connectivity index (χ0v) is 26.2. The van der Waals surface area contributed by atoms with E-state index in [1.54, 1.807) is 6.20 Å². The second kappa shape index (κ2) is 15.1. The number of carbonyl (C=O) groups is 1. The van der Waals surface area contributed by atoms with Gasteiger partial charge in [-0.3, -0.25) is 14.4 Å². The first-order chi connectivity index (χ1) is 19.6. The maximum absolute atomic E-state index is 12.2. The summed E-state index contributed by atoms with van der Waals surface area (Å²) in [5.74, 6) is 1.95. The molecule has 9 heteroatoms. The Balaban J connectivity index is 0.000000263. The summed E-state index contributed by atoms with van der Waals surface area (Å²) < 4.78 is 0. The molecule has 1 amide bonds. The van der Waals surface area contributed by atoms with Crippen LogP contribution in [0.15, 0.2) is 40.1 Å². The maximum Gasteiger partial charge on any atom is 0.257 e. The van der Waals surface area contributed by atoms with Gasteiger partial charge in [-0.1, -0.05) is 55.4 Å². The van der Waals surface area contributed by atoms with Crippen LogP contribution < -0.4 is 21.8 Å².